The zero-order valence-corrected chi connectivity index (χ0v) is 15.3. The van der Waals surface area contributed by atoms with Gasteiger partial charge >= 0.3 is 5.97 Å². The molecule has 1 N–H and O–H groups in total. The maximum Gasteiger partial charge on any atom is 0.340 e. The first-order valence-electron chi connectivity index (χ1n) is 9.14. The summed E-state index contributed by atoms with van der Waals surface area (Å²) in [5.74, 6) is -0.251. The van der Waals surface area contributed by atoms with E-state index in [2.05, 4.69) is 17.3 Å². The second-order valence-electron chi connectivity index (χ2n) is 8.26. The number of benzene rings is 1. The van der Waals surface area contributed by atoms with E-state index in [4.69, 9.17) is 4.74 Å². The fraction of sp³-hybridized carbons (Fsp3) is 0.650. The van der Waals surface area contributed by atoms with Crippen LogP contribution in [0.25, 0.3) is 0 Å². The van der Waals surface area contributed by atoms with Crippen molar-refractivity contribution in [2.45, 2.75) is 76.6 Å². The monoisotopic (exact) mass is 330 g/mol. The maximum atomic E-state index is 12.5. The van der Waals surface area contributed by atoms with Crippen LogP contribution in [-0.2, 0) is 4.74 Å². The predicted octanol–water partition coefficient (Wildman–Crippen LogP) is 4.07. The van der Waals surface area contributed by atoms with Gasteiger partial charge in [-0.1, -0.05) is 18.6 Å². The molecule has 0 saturated carbocycles. The SMILES string of the molecule is CN1C2CCCC1CC(Nc1ccccc1C(=O)OC(C)(C)C)C2. The van der Waals surface area contributed by atoms with Crippen molar-refractivity contribution in [3.8, 4) is 0 Å². The fourth-order valence-corrected chi connectivity index (χ4v) is 4.07. The highest BCUT2D eigenvalue weighted by molar-refractivity contribution is 5.95. The third-order valence-corrected chi connectivity index (χ3v) is 5.25. The average Bonchev–Trinajstić information content (AvgIpc) is 2.47. The molecule has 2 heterocycles. The minimum Gasteiger partial charge on any atom is -0.456 e. The van der Waals surface area contributed by atoms with Crippen molar-refractivity contribution in [2.75, 3.05) is 12.4 Å². The van der Waals surface area contributed by atoms with Crippen molar-refractivity contribution in [1.82, 2.24) is 4.90 Å². The van der Waals surface area contributed by atoms with Crippen molar-refractivity contribution in [2.24, 2.45) is 0 Å². The van der Waals surface area contributed by atoms with Gasteiger partial charge < -0.3 is 15.0 Å². The van der Waals surface area contributed by atoms with E-state index in [1.165, 1.54) is 19.3 Å². The second-order valence-corrected chi connectivity index (χ2v) is 8.26. The lowest BCUT2D eigenvalue weighted by atomic mass is 9.82. The van der Waals surface area contributed by atoms with E-state index in [-0.39, 0.29) is 5.97 Å². The molecule has 132 valence electrons. The van der Waals surface area contributed by atoms with E-state index in [0.717, 1.165) is 18.5 Å². The number of nitrogens with one attached hydrogen (secondary N) is 1. The Bertz CT molecular complexity index is 580. The van der Waals surface area contributed by atoms with Crippen LogP contribution in [-0.4, -0.2) is 41.6 Å². The minimum absolute atomic E-state index is 0.251. The van der Waals surface area contributed by atoms with Gasteiger partial charge in [0.25, 0.3) is 0 Å². The highest BCUT2D eigenvalue weighted by Gasteiger charge is 2.36. The van der Waals surface area contributed by atoms with Gasteiger partial charge in [0.2, 0.25) is 0 Å². The molecular formula is C20H30N2O2. The largest absolute Gasteiger partial charge is 0.456 e. The molecule has 4 nitrogen and oxygen atoms in total. The molecule has 0 amide bonds. The Balaban J connectivity index is 1.73. The average molecular weight is 330 g/mol. The van der Waals surface area contributed by atoms with Gasteiger partial charge in [0.1, 0.15) is 5.60 Å². The number of nitrogens with zero attached hydrogens (tertiary/aromatic N) is 1. The number of rotatable bonds is 3. The van der Waals surface area contributed by atoms with Gasteiger partial charge in [-0.25, -0.2) is 4.79 Å². The first-order chi connectivity index (χ1) is 11.3. The molecule has 2 saturated heterocycles. The summed E-state index contributed by atoms with van der Waals surface area (Å²) in [4.78, 5) is 15.1. The Hall–Kier alpha value is -1.55. The zero-order chi connectivity index (χ0) is 17.3. The summed E-state index contributed by atoms with van der Waals surface area (Å²) in [6, 6.07) is 9.49. The molecule has 1 aromatic rings. The van der Waals surface area contributed by atoms with Gasteiger partial charge in [-0.15, -0.1) is 0 Å². The standard InChI is InChI=1S/C20H30N2O2/c1-20(2,3)24-19(23)17-10-5-6-11-18(17)21-14-12-15-8-7-9-16(13-14)22(15)4/h5-6,10-11,14-16,21H,7-9,12-13H2,1-4H3. The highest BCUT2D eigenvalue weighted by atomic mass is 16.6. The molecule has 2 aliphatic heterocycles. The van der Waals surface area contributed by atoms with Crippen molar-refractivity contribution < 1.29 is 9.53 Å². The third-order valence-electron chi connectivity index (χ3n) is 5.25. The Kier molecular flexibility index (Phi) is 4.86. The van der Waals surface area contributed by atoms with Crippen LogP contribution in [0.5, 0.6) is 0 Å². The molecule has 2 unspecified atom stereocenters. The molecule has 0 radical (unpaired) electrons. The minimum atomic E-state index is -0.477. The highest BCUT2D eigenvalue weighted by Crippen LogP contribution is 2.34. The van der Waals surface area contributed by atoms with E-state index in [9.17, 15) is 4.79 Å². The molecule has 2 fully saturated rings. The number of ether oxygens (including phenoxy) is 1. The smallest absolute Gasteiger partial charge is 0.340 e. The van der Waals surface area contributed by atoms with Crippen LogP contribution in [0, 0.1) is 0 Å². The lowest BCUT2D eigenvalue weighted by Crippen LogP contribution is -2.52. The van der Waals surface area contributed by atoms with E-state index in [1.54, 1.807) is 0 Å². The van der Waals surface area contributed by atoms with Crippen LogP contribution in [0.4, 0.5) is 5.69 Å². The van der Waals surface area contributed by atoms with E-state index in [1.807, 2.05) is 45.0 Å². The van der Waals surface area contributed by atoms with Crippen LogP contribution in [0.15, 0.2) is 24.3 Å². The van der Waals surface area contributed by atoms with E-state index in [0.29, 0.717) is 23.7 Å². The summed E-state index contributed by atoms with van der Waals surface area (Å²) < 4.78 is 5.56. The first kappa shape index (κ1) is 17.3. The molecule has 2 bridgehead atoms. The van der Waals surface area contributed by atoms with Crippen molar-refractivity contribution in [3.05, 3.63) is 29.8 Å². The van der Waals surface area contributed by atoms with Crippen LogP contribution < -0.4 is 5.32 Å². The molecule has 24 heavy (non-hydrogen) atoms. The molecule has 4 heteroatoms. The third kappa shape index (κ3) is 3.92. The molecular weight excluding hydrogens is 300 g/mol. The summed E-state index contributed by atoms with van der Waals surface area (Å²) in [7, 11) is 2.26. The Morgan fingerprint density at radius 1 is 1.17 bits per heavy atom. The lowest BCUT2D eigenvalue weighted by Gasteiger charge is -2.47. The summed E-state index contributed by atoms with van der Waals surface area (Å²) in [6.45, 7) is 5.71. The zero-order valence-electron chi connectivity index (χ0n) is 15.3. The molecule has 3 rings (SSSR count). The Labute approximate surface area is 145 Å². The lowest BCUT2D eigenvalue weighted by molar-refractivity contribution is 0.00705. The van der Waals surface area contributed by atoms with Crippen LogP contribution in [0.2, 0.25) is 0 Å². The number of esters is 1. The van der Waals surface area contributed by atoms with Gasteiger partial charge in [-0.05, 0) is 65.6 Å². The molecule has 0 aliphatic carbocycles. The number of anilines is 1. The number of para-hydroxylation sites is 1. The first-order valence-corrected chi connectivity index (χ1v) is 9.14. The van der Waals surface area contributed by atoms with Crippen LogP contribution >= 0.6 is 0 Å². The van der Waals surface area contributed by atoms with Gasteiger partial charge in [-0.2, -0.15) is 0 Å². The summed E-state index contributed by atoms with van der Waals surface area (Å²) >= 11 is 0. The number of piperidine rings is 2. The number of hydrogen-bond acceptors (Lipinski definition) is 4. The number of carbonyl (C=O) groups is 1. The fourth-order valence-electron chi connectivity index (χ4n) is 4.07. The van der Waals surface area contributed by atoms with Crippen LogP contribution in [0.3, 0.4) is 0 Å². The maximum absolute atomic E-state index is 12.5. The number of hydrogen-bond donors (Lipinski definition) is 1. The molecule has 2 atom stereocenters. The quantitative estimate of drug-likeness (QED) is 0.848. The second kappa shape index (κ2) is 6.75. The van der Waals surface area contributed by atoms with Gasteiger partial charge in [0.15, 0.2) is 0 Å². The molecule has 0 aromatic heterocycles. The summed E-state index contributed by atoms with van der Waals surface area (Å²) in [5.41, 5.74) is 1.06. The van der Waals surface area contributed by atoms with Crippen molar-refractivity contribution >= 4 is 11.7 Å². The molecule has 2 aliphatic rings. The van der Waals surface area contributed by atoms with E-state index < -0.39 is 5.60 Å². The van der Waals surface area contributed by atoms with Crippen LogP contribution in [0.1, 0.15) is 63.2 Å². The van der Waals surface area contributed by atoms with Gasteiger partial charge in [-0.3, -0.25) is 0 Å². The normalized spacial score (nSPS) is 27.6. The van der Waals surface area contributed by atoms with Crippen molar-refractivity contribution in [3.63, 3.8) is 0 Å². The van der Waals surface area contributed by atoms with Crippen molar-refractivity contribution in [1.29, 1.82) is 0 Å². The van der Waals surface area contributed by atoms with Gasteiger partial charge in [0, 0.05) is 23.8 Å². The van der Waals surface area contributed by atoms with Gasteiger partial charge in [0.05, 0.1) is 5.56 Å². The number of fused-ring (bicyclic) bond motifs is 2. The molecule has 1 aromatic carbocycles. The Morgan fingerprint density at radius 3 is 2.42 bits per heavy atom. The summed E-state index contributed by atoms with van der Waals surface area (Å²) in [5, 5.41) is 3.64. The topological polar surface area (TPSA) is 41.6 Å². The van der Waals surface area contributed by atoms with E-state index >= 15 is 0 Å². The summed E-state index contributed by atoms with van der Waals surface area (Å²) in [6.07, 6.45) is 6.23. The number of carbonyl (C=O) groups excluding carboxylic acids is 1. The predicted molar refractivity (Wildman–Crippen MR) is 97.4 cm³/mol. The molecule has 0 spiro atoms. The Morgan fingerprint density at radius 2 is 1.79 bits per heavy atom.